The average Bonchev–Trinajstić information content (AvgIpc) is 3.31. The Labute approximate surface area is 241 Å². The molecule has 1 unspecified atom stereocenters. The van der Waals surface area contributed by atoms with Crippen molar-refractivity contribution in [2.24, 2.45) is 5.73 Å². The molecule has 5 atom stereocenters. The molecule has 1 radical (unpaired) electrons. The van der Waals surface area contributed by atoms with Crippen molar-refractivity contribution in [2.45, 2.75) is 63.8 Å². The molecule has 4 aliphatic rings. The summed E-state index contributed by atoms with van der Waals surface area (Å²) in [7, 11) is 2.05. The number of hydrogen-bond donors (Lipinski definition) is 3. The molecule has 35 heavy (non-hydrogen) atoms. The van der Waals surface area contributed by atoms with Gasteiger partial charge in [-0.05, 0) is 57.4 Å². The number of hydrogen-bond acceptors (Lipinski definition) is 8. The van der Waals surface area contributed by atoms with Gasteiger partial charge in [-0.1, -0.05) is 6.07 Å². The first-order valence-corrected chi connectivity index (χ1v) is 11.8. The minimum absolute atomic E-state index is 0. The molecule has 0 aromatic heterocycles. The zero-order valence-corrected chi connectivity index (χ0v) is 25.2. The van der Waals surface area contributed by atoms with Crippen molar-refractivity contribution >= 4 is 0 Å². The fourth-order valence-corrected chi connectivity index (χ4v) is 6.94. The van der Waals surface area contributed by atoms with Crippen molar-refractivity contribution in [3.63, 3.8) is 0 Å². The van der Waals surface area contributed by atoms with Gasteiger partial charge in [0, 0.05) is 84.9 Å². The van der Waals surface area contributed by atoms with Crippen LogP contribution in [-0.4, -0.2) is 58.5 Å². The maximum Gasteiger partial charge on any atom is 0.231 e. The minimum atomic E-state index is -0.397. The molecule has 0 saturated carbocycles. The first kappa shape index (κ1) is 25.1. The zero-order valence-electron chi connectivity index (χ0n) is 20.5. The van der Waals surface area contributed by atoms with Gasteiger partial charge in [0.05, 0.1) is 18.2 Å². The number of fused-ring (bicyclic) bond motifs is 9. The fourth-order valence-electron chi connectivity index (χ4n) is 6.94. The SMILES string of the molecule is Cc1cc2c(c(O)c1C)[C@@H]1C3Cc4c(O)c(C)c5c(c4[C@H](CN)N3[C@@H](C#N)[C@H](C2)N1C)OCO5.[Ac]. The van der Waals surface area contributed by atoms with Gasteiger partial charge in [-0.3, -0.25) is 9.80 Å². The quantitative estimate of drug-likeness (QED) is 0.419. The number of phenolic OH excluding ortho intramolecular Hbond substituents is 2. The van der Waals surface area contributed by atoms with Gasteiger partial charge in [-0.15, -0.1) is 0 Å². The first-order valence-electron chi connectivity index (χ1n) is 11.8. The van der Waals surface area contributed by atoms with Gasteiger partial charge in [0.2, 0.25) is 6.79 Å². The first-order chi connectivity index (χ1) is 16.3. The Hall–Kier alpha value is -1.55. The molecule has 0 amide bonds. The number of phenols is 2. The van der Waals surface area contributed by atoms with Crippen LogP contribution in [0.15, 0.2) is 6.07 Å². The van der Waals surface area contributed by atoms with Crippen LogP contribution >= 0.6 is 0 Å². The van der Waals surface area contributed by atoms with E-state index in [4.69, 9.17) is 15.2 Å². The summed E-state index contributed by atoms with van der Waals surface area (Å²) in [5.74, 6) is 1.73. The molecular formula is C26H30AcN4O4. The number of rotatable bonds is 1. The van der Waals surface area contributed by atoms with Gasteiger partial charge >= 0.3 is 0 Å². The van der Waals surface area contributed by atoms with E-state index >= 15 is 0 Å². The number of piperazine rings is 1. The number of nitrogens with two attached hydrogens (primary N) is 1. The number of nitriles is 1. The predicted octanol–water partition coefficient (Wildman–Crippen LogP) is 2.48. The molecule has 2 aromatic carbocycles. The maximum atomic E-state index is 11.3. The third kappa shape index (κ3) is 3.23. The summed E-state index contributed by atoms with van der Waals surface area (Å²) in [6, 6.07) is 3.71. The second-order valence-electron chi connectivity index (χ2n) is 10.1. The molecule has 9 heteroatoms. The summed E-state index contributed by atoms with van der Waals surface area (Å²) in [5, 5.41) is 32.9. The van der Waals surface area contributed by atoms with Gasteiger partial charge in [0.15, 0.2) is 11.5 Å². The van der Waals surface area contributed by atoms with Gasteiger partial charge in [-0.25, -0.2) is 0 Å². The van der Waals surface area contributed by atoms with Crippen LogP contribution in [-0.2, 0) is 12.8 Å². The maximum absolute atomic E-state index is 11.3. The molecule has 8 nitrogen and oxygen atoms in total. The normalized spacial score (nSPS) is 28.4. The summed E-state index contributed by atoms with van der Waals surface area (Å²) < 4.78 is 11.6. The van der Waals surface area contributed by atoms with Crippen LogP contribution in [0.3, 0.4) is 0 Å². The summed E-state index contributed by atoms with van der Waals surface area (Å²) in [6.45, 7) is 6.17. The Morgan fingerprint density at radius 2 is 1.77 bits per heavy atom. The van der Waals surface area contributed by atoms with Gasteiger partial charge in [0.25, 0.3) is 0 Å². The topological polar surface area (TPSA) is 115 Å². The third-order valence-electron chi connectivity index (χ3n) is 8.68. The van der Waals surface area contributed by atoms with E-state index in [9.17, 15) is 15.5 Å². The van der Waals surface area contributed by atoms with Crippen LogP contribution in [0.5, 0.6) is 23.0 Å². The van der Waals surface area contributed by atoms with Gasteiger partial charge in [-0.2, -0.15) is 5.26 Å². The predicted molar refractivity (Wildman–Crippen MR) is 125 cm³/mol. The Morgan fingerprint density at radius 3 is 2.46 bits per heavy atom. The van der Waals surface area contributed by atoms with Crippen LogP contribution in [0.1, 0.15) is 51.0 Å². The molecule has 0 aliphatic carbocycles. The number of ether oxygens (including phenoxy) is 2. The Balaban J connectivity index is 0.00000253. The van der Waals surface area contributed by atoms with Crippen molar-refractivity contribution in [3.05, 3.63) is 45.0 Å². The van der Waals surface area contributed by atoms with Crippen LogP contribution in [0.2, 0.25) is 0 Å². The molecule has 1 saturated heterocycles. The van der Waals surface area contributed by atoms with E-state index in [0.717, 1.165) is 33.4 Å². The Bertz CT molecular complexity index is 1280. The average molecular weight is 690 g/mol. The van der Waals surface area contributed by atoms with Crippen LogP contribution in [0.4, 0.5) is 0 Å². The number of nitrogens with zero attached hydrogens (tertiary/aromatic N) is 3. The summed E-state index contributed by atoms with van der Waals surface area (Å²) in [4.78, 5) is 4.48. The minimum Gasteiger partial charge on any atom is -0.507 e. The van der Waals surface area contributed by atoms with Gasteiger partial charge in [0.1, 0.15) is 17.5 Å². The monoisotopic (exact) mass is 689 g/mol. The molecule has 2 bridgehead atoms. The van der Waals surface area contributed by atoms with Crippen molar-refractivity contribution < 1.29 is 63.7 Å². The van der Waals surface area contributed by atoms with Crippen LogP contribution in [0, 0.1) is 76.2 Å². The van der Waals surface area contributed by atoms with E-state index in [1.807, 2.05) is 27.8 Å². The fraction of sp³-hybridized carbons (Fsp3) is 0.500. The van der Waals surface area contributed by atoms with E-state index in [0.29, 0.717) is 35.7 Å². The van der Waals surface area contributed by atoms with Gasteiger partial charge < -0.3 is 25.4 Å². The molecule has 1 fully saturated rings. The second-order valence-corrected chi connectivity index (χ2v) is 10.1. The van der Waals surface area contributed by atoms with E-state index in [1.165, 1.54) is 0 Å². The smallest absolute Gasteiger partial charge is 0.231 e. The number of aromatic hydroxyl groups is 2. The van der Waals surface area contributed by atoms with Crippen LogP contribution in [0.25, 0.3) is 0 Å². The largest absolute Gasteiger partial charge is 0.507 e. The molecule has 4 aliphatic heterocycles. The van der Waals surface area contributed by atoms with E-state index < -0.39 is 6.04 Å². The van der Waals surface area contributed by atoms with Crippen molar-refractivity contribution in [1.29, 1.82) is 5.26 Å². The summed E-state index contributed by atoms with van der Waals surface area (Å²) >= 11 is 0. The molecule has 0 spiro atoms. The van der Waals surface area contributed by atoms with Crippen molar-refractivity contribution in [1.82, 2.24) is 9.80 Å². The molecular weight excluding hydrogens is 659 g/mol. The molecule has 4 heterocycles. The molecule has 4 N–H and O–H groups in total. The Kier molecular flexibility index (Phi) is 6.30. The van der Waals surface area contributed by atoms with Crippen LogP contribution < -0.4 is 15.2 Å². The van der Waals surface area contributed by atoms with E-state index in [-0.39, 0.29) is 87.3 Å². The molecule has 2 aromatic rings. The zero-order chi connectivity index (χ0) is 24.0. The second kappa shape index (κ2) is 8.78. The number of likely N-dealkylation sites (N-methyl/N-ethyl adjacent to an activating group) is 1. The summed E-state index contributed by atoms with van der Waals surface area (Å²) in [5.41, 5.74) is 12.7. The third-order valence-corrected chi connectivity index (χ3v) is 8.68. The number of aryl methyl sites for hydroxylation is 1. The van der Waals surface area contributed by atoms with E-state index in [2.05, 4.69) is 21.9 Å². The van der Waals surface area contributed by atoms with Crippen molar-refractivity contribution in [3.8, 4) is 29.1 Å². The Morgan fingerprint density at radius 1 is 1.06 bits per heavy atom. The van der Waals surface area contributed by atoms with Crippen molar-refractivity contribution in [2.75, 3.05) is 20.4 Å². The molecule has 181 valence electrons. The number of benzene rings is 2. The van der Waals surface area contributed by atoms with E-state index in [1.54, 1.807) is 0 Å². The standard InChI is InChI=1S/C26H30N4O4.Ac/c1-11-5-14-6-16-18(8-27)30-17(22(29(16)4)20(14)24(32)12(11)2)7-15-21(19(30)9-28)26-25(33-10-34-26)13(3)23(15)31;/h5,16-19,22,31-32H,6-7,9-10,28H2,1-4H3;/t16-,17?,18-,19-,22-;/m0./s1. The summed E-state index contributed by atoms with van der Waals surface area (Å²) in [6.07, 6.45) is 1.19. The molecule has 6 rings (SSSR count).